The number of likely N-dealkylation sites (N-methyl/N-ethyl adjacent to an activating group) is 1. The largest absolute Gasteiger partial charge is 0.491 e. The van der Waals surface area contributed by atoms with Crippen molar-refractivity contribution in [2.45, 2.75) is 45.3 Å². The van der Waals surface area contributed by atoms with Gasteiger partial charge in [0.25, 0.3) is 5.91 Å². The smallest absolute Gasteiger partial charge is 0.257 e. The van der Waals surface area contributed by atoms with Crippen LogP contribution in [0.25, 0.3) is 0 Å². The van der Waals surface area contributed by atoms with Crippen LogP contribution in [0, 0.1) is 11.8 Å². The summed E-state index contributed by atoms with van der Waals surface area (Å²) in [7, 11) is -0.183. The van der Waals surface area contributed by atoms with Gasteiger partial charge in [0.15, 0.2) is 0 Å². The minimum Gasteiger partial charge on any atom is -0.491 e. The van der Waals surface area contributed by atoms with Gasteiger partial charge in [-0.25, -0.2) is 8.42 Å². The topological polar surface area (TPSA) is 105 Å². The van der Waals surface area contributed by atoms with Crippen LogP contribution in [-0.2, 0) is 19.6 Å². The van der Waals surface area contributed by atoms with E-state index in [-0.39, 0.29) is 42.2 Å². The van der Waals surface area contributed by atoms with Crippen LogP contribution in [0.3, 0.4) is 0 Å². The summed E-state index contributed by atoms with van der Waals surface area (Å²) in [6, 6.07) is 4.36. The number of amides is 2. The second-order valence-corrected chi connectivity index (χ2v) is 11.1. The standard InChI is InChI=1S/C23H35N3O6S/c1-15-12-26(22(27)10-17-6-7-17)16(2)14-32-20-11-18(24-33(5,29)30)8-9-19(20)23(28)25(3)13-21(15)31-4/h8-9,11,15-17,21,24H,6-7,10,12-14H2,1-5H3/t15-,16+,21+/m1/s1. The Balaban J connectivity index is 1.95. The zero-order valence-electron chi connectivity index (χ0n) is 20.0. The Morgan fingerprint density at radius 1 is 1.24 bits per heavy atom. The predicted molar refractivity (Wildman–Crippen MR) is 126 cm³/mol. The van der Waals surface area contributed by atoms with Gasteiger partial charge in [-0.05, 0) is 37.8 Å². The number of benzene rings is 1. The monoisotopic (exact) mass is 481 g/mol. The summed E-state index contributed by atoms with van der Waals surface area (Å²) in [4.78, 5) is 29.7. The van der Waals surface area contributed by atoms with Crippen LogP contribution >= 0.6 is 0 Å². The molecule has 1 fully saturated rings. The van der Waals surface area contributed by atoms with E-state index in [0.717, 1.165) is 19.1 Å². The molecule has 3 atom stereocenters. The van der Waals surface area contributed by atoms with Crippen molar-refractivity contribution in [3.63, 3.8) is 0 Å². The first kappa shape index (κ1) is 25.3. The van der Waals surface area contributed by atoms with E-state index < -0.39 is 10.0 Å². The molecule has 1 aromatic rings. The number of carbonyl (C=O) groups is 2. The number of ether oxygens (including phenoxy) is 2. The summed E-state index contributed by atoms with van der Waals surface area (Å²) in [5, 5.41) is 0. The molecule has 1 heterocycles. The SMILES string of the molecule is CO[C@H]1CN(C)C(=O)c2ccc(NS(C)(=O)=O)cc2OC[C@H](C)N(C(=O)CC2CC2)C[C@H]1C. The van der Waals surface area contributed by atoms with Gasteiger partial charge >= 0.3 is 0 Å². The minimum atomic E-state index is -3.49. The van der Waals surface area contributed by atoms with E-state index in [0.29, 0.717) is 36.7 Å². The van der Waals surface area contributed by atoms with Crippen LogP contribution < -0.4 is 9.46 Å². The van der Waals surface area contributed by atoms with E-state index in [1.165, 1.54) is 12.1 Å². The fourth-order valence-corrected chi connectivity index (χ4v) is 4.64. The average Bonchev–Trinajstić information content (AvgIpc) is 3.55. The normalized spacial score (nSPS) is 24.9. The second-order valence-electron chi connectivity index (χ2n) is 9.38. The number of hydrogen-bond acceptors (Lipinski definition) is 6. The van der Waals surface area contributed by atoms with E-state index in [4.69, 9.17) is 9.47 Å². The maximum Gasteiger partial charge on any atom is 0.257 e. The third kappa shape index (κ3) is 6.83. The van der Waals surface area contributed by atoms with E-state index in [2.05, 4.69) is 4.72 Å². The van der Waals surface area contributed by atoms with Gasteiger partial charge in [0.2, 0.25) is 15.9 Å². The molecule has 2 amide bonds. The lowest BCUT2D eigenvalue weighted by Crippen LogP contribution is -2.48. The summed E-state index contributed by atoms with van der Waals surface area (Å²) < 4.78 is 37.5. The molecule has 0 unspecified atom stereocenters. The number of nitrogens with zero attached hydrogens (tertiary/aromatic N) is 2. The highest BCUT2D eigenvalue weighted by atomic mass is 32.2. The van der Waals surface area contributed by atoms with E-state index in [1.807, 2.05) is 18.7 Å². The Morgan fingerprint density at radius 2 is 1.94 bits per heavy atom. The number of hydrogen-bond donors (Lipinski definition) is 1. The molecule has 1 N–H and O–H groups in total. The third-order valence-electron chi connectivity index (χ3n) is 6.23. The van der Waals surface area contributed by atoms with Gasteiger partial charge in [0.1, 0.15) is 12.4 Å². The van der Waals surface area contributed by atoms with Gasteiger partial charge in [-0.3, -0.25) is 14.3 Å². The van der Waals surface area contributed by atoms with Crippen molar-refractivity contribution in [2.24, 2.45) is 11.8 Å². The molecule has 0 aromatic heterocycles. The van der Waals surface area contributed by atoms with Gasteiger partial charge in [-0.2, -0.15) is 0 Å². The van der Waals surface area contributed by atoms with Crippen molar-refractivity contribution in [1.29, 1.82) is 0 Å². The Labute approximate surface area is 196 Å². The van der Waals surface area contributed by atoms with Crippen LogP contribution in [0.1, 0.15) is 43.5 Å². The Hall–Kier alpha value is -2.33. The van der Waals surface area contributed by atoms with Crippen LogP contribution in [0.5, 0.6) is 5.75 Å². The average molecular weight is 482 g/mol. The lowest BCUT2D eigenvalue weighted by atomic mass is 10.0. The molecule has 0 bridgehead atoms. The molecule has 33 heavy (non-hydrogen) atoms. The Morgan fingerprint density at radius 3 is 2.55 bits per heavy atom. The van der Waals surface area contributed by atoms with Crippen molar-refractivity contribution >= 4 is 27.5 Å². The Kier molecular flexibility index (Phi) is 7.89. The zero-order valence-corrected chi connectivity index (χ0v) is 20.9. The van der Waals surface area contributed by atoms with Crippen molar-refractivity contribution < 1.29 is 27.5 Å². The number of fused-ring (bicyclic) bond motifs is 1. The molecular weight excluding hydrogens is 446 g/mol. The van der Waals surface area contributed by atoms with E-state index >= 15 is 0 Å². The van der Waals surface area contributed by atoms with E-state index in [9.17, 15) is 18.0 Å². The molecule has 10 heteroatoms. The first-order valence-corrected chi connectivity index (χ1v) is 13.2. The molecule has 184 valence electrons. The van der Waals surface area contributed by atoms with Crippen LogP contribution in [-0.4, -0.2) is 82.3 Å². The number of methoxy groups -OCH3 is 1. The summed E-state index contributed by atoms with van der Waals surface area (Å²) in [6.07, 6.45) is 3.53. The number of rotatable bonds is 5. The lowest BCUT2D eigenvalue weighted by Gasteiger charge is -2.36. The molecule has 0 spiro atoms. The molecule has 0 radical (unpaired) electrons. The molecular formula is C23H35N3O6S. The highest BCUT2D eigenvalue weighted by Gasteiger charge is 2.33. The van der Waals surface area contributed by atoms with Crippen LogP contribution in [0.15, 0.2) is 18.2 Å². The van der Waals surface area contributed by atoms with Crippen LogP contribution in [0.4, 0.5) is 5.69 Å². The lowest BCUT2D eigenvalue weighted by molar-refractivity contribution is -0.135. The molecule has 1 aliphatic heterocycles. The van der Waals surface area contributed by atoms with Gasteiger partial charge in [0.05, 0.1) is 29.7 Å². The van der Waals surface area contributed by atoms with Gasteiger partial charge in [0, 0.05) is 45.7 Å². The molecule has 1 aliphatic carbocycles. The summed E-state index contributed by atoms with van der Waals surface area (Å²) >= 11 is 0. The zero-order chi connectivity index (χ0) is 24.3. The van der Waals surface area contributed by atoms with E-state index in [1.54, 1.807) is 25.1 Å². The van der Waals surface area contributed by atoms with Crippen molar-refractivity contribution in [2.75, 3.05) is 44.8 Å². The fraction of sp³-hybridized carbons (Fsp3) is 0.652. The fourth-order valence-electron chi connectivity index (χ4n) is 4.08. The maximum absolute atomic E-state index is 13.2. The maximum atomic E-state index is 13.2. The van der Waals surface area contributed by atoms with Crippen molar-refractivity contribution in [3.8, 4) is 5.75 Å². The second kappa shape index (κ2) is 10.3. The van der Waals surface area contributed by atoms with Crippen molar-refractivity contribution in [1.82, 2.24) is 9.80 Å². The highest BCUT2D eigenvalue weighted by molar-refractivity contribution is 7.92. The Bertz CT molecular complexity index is 978. The number of nitrogens with one attached hydrogen (secondary N) is 1. The molecule has 2 aliphatic rings. The molecule has 9 nitrogen and oxygen atoms in total. The molecule has 1 aromatic carbocycles. The summed E-state index contributed by atoms with van der Waals surface area (Å²) in [5.41, 5.74) is 0.624. The highest BCUT2D eigenvalue weighted by Crippen LogP contribution is 2.33. The molecule has 1 saturated carbocycles. The molecule has 3 rings (SSSR count). The quantitative estimate of drug-likeness (QED) is 0.691. The summed E-state index contributed by atoms with van der Waals surface area (Å²) in [5.74, 6) is 0.597. The predicted octanol–water partition coefficient (Wildman–Crippen LogP) is 2.19. The first-order chi connectivity index (χ1) is 15.5. The van der Waals surface area contributed by atoms with Gasteiger partial charge in [-0.15, -0.1) is 0 Å². The molecule has 0 saturated heterocycles. The van der Waals surface area contributed by atoms with Gasteiger partial charge < -0.3 is 19.3 Å². The third-order valence-corrected chi connectivity index (χ3v) is 6.84. The minimum absolute atomic E-state index is 0.0103. The van der Waals surface area contributed by atoms with Crippen molar-refractivity contribution in [3.05, 3.63) is 23.8 Å². The van der Waals surface area contributed by atoms with Gasteiger partial charge in [-0.1, -0.05) is 6.92 Å². The summed E-state index contributed by atoms with van der Waals surface area (Å²) in [6.45, 7) is 4.97. The number of sulfonamides is 1. The number of anilines is 1. The van der Waals surface area contributed by atoms with Crippen LogP contribution in [0.2, 0.25) is 0 Å². The number of carbonyl (C=O) groups excluding carboxylic acids is 2. The first-order valence-electron chi connectivity index (χ1n) is 11.3.